The van der Waals surface area contributed by atoms with Crippen LogP contribution in [0, 0.1) is 11.8 Å². The van der Waals surface area contributed by atoms with E-state index >= 15 is 0 Å². The van der Waals surface area contributed by atoms with Crippen molar-refractivity contribution in [3.05, 3.63) is 59.4 Å². The number of aliphatic hydroxyl groups is 1. The lowest BCUT2D eigenvalue weighted by atomic mass is 10.0. The molecule has 2 heterocycles. The van der Waals surface area contributed by atoms with Crippen molar-refractivity contribution in [2.45, 2.75) is 18.9 Å². The molecule has 24 heavy (non-hydrogen) atoms. The van der Waals surface area contributed by atoms with Gasteiger partial charge in [-0.3, -0.25) is 9.88 Å². The monoisotopic (exact) mass is 322 g/mol. The average Bonchev–Trinajstić information content (AvgIpc) is 2.78. The molecule has 0 spiro atoms. The van der Waals surface area contributed by atoms with E-state index in [-0.39, 0.29) is 0 Å². The Bertz CT molecular complexity index is 734. The summed E-state index contributed by atoms with van der Waals surface area (Å²) < 4.78 is 5.29. The summed E-state index contributed by atoms with van der Waals surface area (Å²) in [6, 6.07) is 9.77. The fourth-order valence-electron chi connectivity index (χ4n) is 2.98. The molecule has 0 fully saturated rings. The van der Waals surface area contributed by atoms with Crippen LogP contribution in [0.5, 0.6) is 5.75 Å². The number of fused-ring (bicyclic) bond motifs is 1. The molecule has 1 aliphatic rings. The highest BCUT2D eigenvalue weighted by Gasteiger charge is 2.21. The third-order valence-electron chi connectivity index (χ3n) is 4.28. The van der Waals surface area contributed by atoms with Gasteiger partial charge in [0.25, 0.3) is 0 Å². The van der Waals surface area contributed by atoms with Gasteiger partial charge in [0.15, 0.2) is 0 Å². The van der Waals surface area contributed by atoms with Gasteiger partial charge < -0.3 is 9.84 Å². The van der Waals surface area contributed by atoms with E-state index in [1.807, 2.05) is 30.3 Å². The van der Waals surface area contributed by atoms with Crippen molar-refractivity contribution in [3.63, 3.8) is 0 Å². The molecular weight excluding hydrogens is 300 g/mol. The van der Waals surface area contributed by atoms with Crippen LogP contribution in [-0.2, 0) is 6.42 Å². The maximum atomic E-state index is 10.5. The number of hydrogen-bond acceptors (Lipinski definition) is 4. The van der Waals surface area contributed by atoms with Crippen LogP contribution in [0.25, 0.3) is 0 Å². The summed E-state index contributed by atoms with van der Waals surface area (Å²) in [5, 5.41) is 10.5. The van der Waals surface area contributed by atoms with Gasteiger partial charge in [-0.1, -0.05) is 17.9 Å². The number of hydrogen-bond donors (Lipinski definition) is 1. The second-order valence-corrected chi connectivity index (χ2v) is 5.92. The van der Waals surface area contributed by atoms with Gasteiger partial charge in [-0.05, 0) is 41.8 Å². The van der Waals surface area contributed by atoms with Gasteiger partial charge in [0, 0.05) is 44.0 Å². The highest BCUT2D eigenvalue weighted by Crippen LogP contribution is 2.27. The summed E-state index contributed by atoms with van der Waals surface area (Å²) in [7, 11) is 1.67. The molecule has 0 saturated carbocycles. The quantitative estimate of drug-likeness (QED) is 0.882. The first kappa shape index (κ1) is 16.5. The van der Waals surface area contributed by atoms with Crippen molar-refractivity contribution >= 4 is 0 Å². The zero-order valence-electron chi connectivity index (χ0n) is 13.9. The van der Waals surface area contributed by atoms with Gasteiger partial charge in [-0.2, -0.15) is 0 Å². The predicted molar refractivity (Wildman–Crippen MR) is 93.8 cm³/mol. The maximum absolute atomic E-state index is 10.5. The SMILES string of the molecule is COc1ccc2c(c1)CCN(CCC#Cc1cccnc1)CC2O. The number of ether oxygens (including phenoxy) is 1. The molecule has 0 radical (unpaired) electrons. The first-order chi connectivity index (χ1) is 11.8. The van der Waals surface area contributed by atoms with Crippen molar-refractivity contribution in [2.24, 2.45) is 0 Å². The van der Waals surface area contributed by atoms with Gasteiger partial charge in [0.05, 0.1) is 13.2 Å². The number of β-amino-alcohol motifs (C(OH)–C–C–N with tert-alkyl or cyclic N) is 1. The molecule has 4 heteroatoms. The Labute approximate surface area is 143 Å². The number of nitrogens with zero attached hydrogens (tertiary/aromatic N) is 2. The van der Waals surface area contributed by atoms with Gasteiger partial charge in [0.1, 0.15) is 5.75 Å². The second kappa shape index (κ2) is 7.96. The Balaban J connectivity index is 1.59. The summed E-state index contributed by atoms with van der Waals surface area (Å²) in [4.78, 5) is 6.33. The smallest absolute Gasteiger partial charge is 0.119 e. The molecule has 1 aromatic carbocycles. The van der Waals surface area contributed by atoms with Crippen molar-refractivity contribution < 1.29 is 9.84 Å². The maximum Gasteiger partial charge on any atom is 0.119 e. The molecule has 1 unspecified atom stereocenters. The fourth-order valence-corrected chi connectivity index (χ4v) is 2.98. The lowest BCUT2D eigenvalue weighted by Gasteiger charge is -2.20. The van der Waals surface area contributed by atoms with Crippen LogP contribution in [0.15, 0.2) is 42.7 Å². The van der Waals surface area contributed by atoms with Gasteiger partial charge in [0.2, 0.25) is 0 Å². The highest BCUT2D eigenvalue weighted by atomic mass is 16.5. The minimum Gasteiger partial charge on any atom is -0.497 e. The Kier molecular flexibility index (Phi) is 5.47. The zero-order valence-corrected chi connectivity index (χ0v) is 13.9. The molecule has 1 N–H and O–H groups in total. The molecule has 1 aromatic heterocycles. The number of aromatic nitrogens is 1. The number of methoxy groups -OCH3 is 1. The summed E-state index contributed by atoms with van der Waals surface area (Å²) in [6.45, 7) is 2.43. The van der Waals surface area contributed by atoms with E-state index in [0.717, 1.165) is 42.8 Å². The van der Waals surface area contributed by atoms with E-state index in [4.69, 9.17) is 4.74 Å². The first-order valence-electron chi connectivity index (χ1n) is 8.22. The molecular formula is C20H22N2O2. The van der Waals surface area contributed by atoms with Crippen molar-refractivity contribution in [1.82, 2.24) is 9.88 Å². The minimum absolute atomic E-state index is 0.459. The average molecular weight is 322 g/mol. The highest BCUT2D eigenvalue weighted by molar-refractivity contribution is 5.38. The van der Waals surface area contributed by atoms with Crippen LogP contribution in [0.2, 0.25) is 0 Å². The molecule has 3 rings (SSSR count). The molecule has 1 aliphatic heterocycles. The van der Waals surface area contributed by atoms with Crippen molar-refractivity contribution in [3.8, 4) is 17.6 Å². The Morgan fingerprint density at radius 1 is 1.38 bits per heavy atom. The summed E-state index contributed by atoms with van der Waals surface area (Å²) in [6.07, 6.45) is 4.75. The fraction of sp³-hybridized carbons (Fsp3) is 0.350. The van der Waals surface area contributed by atoms with Crippen LogP contribution in [0.4, 0.5) is 0 Å². The van der Waals surface area contributed by atoms with E-state index in [1.165, 1.54) is 5.56 Å². The minimum atomic E-state index is -0.459. The number of benzene rings is 1. The van der Waals surface area contributed by atoms with E-state index in [0.29, 0.717) is 6.54 Å². The second-order valence-electron chi connectivity index (χ2n) is 5.92. The van der Waals surface area contributed by atoms with E-state index in [9.17, 15) is 5.11 Å². The first-order valence-corrected chi connectivity index (χ1v) is 8.22. The predicted octanol–water partition coefficient (Wildman–Crippen LogP) is 2.42. The summed E-state index contributed by atoms with van der Waals surface area (Å²) in [5.74, 6) is 7.16. The third kappa shape index (κ3) is 4.14. The molecule has 0 aliphatic carbocycles. The lowest BCUT2D eigenvalue weighted by molar-refractivity contribution is 0.121. The van der Waals surface area contributed by atoms with E-state index in [1.54, 1.807) is 19.5 Å². The standard InChI is InChI=1S/C20H22N2O2/c1-24-18-7-8-19-17(13-18)9-12-22(15-20(19)23)11-3-2-5-16-6-4-10-21-14-16/h4,6-8,10,13-14,20,23H,3,9,11-12,15H2,1H3. The van der Waals surface area contributed by atoms with E-state index in [2.05, 4.69) is 21.7 Å². The molecule has 0 saturated heterocycles. The summed E-state index contributed by atoms with van der Waals surface area (Å²) >= 11 is 0. The largest absolute Gasteiger partial charge is 0.497 e. The number of aliphatic hydroxyl groups excluding tert-OH is 1. The Morgan fingerprint density at radius 2 is 2.29 bits per heavy atom. The van der Waals surface area contributed by atoms with Crippen LogP contribution in [-0.4, -0.2) is 41.7 Å². The molecule has 2 aromatic rings. The Hall–Kier alpha value is -2.35. The molecule has 4 nitrogen and oxygen atoms in total. The zero-order chi connectivity index (χ0) is 16.8. The van der Waals surface area contributed by atoms with Gasteiger partial charge in [-0.15, -0.1) is 0 Å². The number of pyridine rings is 1. The van der Waals surface area contributed by atoms with Crippen LogP contribution >= 0.6 is 0 Å². The Morgan fingerprint density at radius 3 is 3.08 bits per heavy atom. The third-order valence-corrected chi connectivity index (χ3v) is 4.28. The van der Waals surface area contributed by atoms with Crippen molar-refractivity contribution in [1.29, 1.82) is 0 Å². The van der Waals surface area contributed by atoms with Crippen molar-refractivity contribution in [2.75, 3.05) is 26.7 Å². The van der Waals surface area contributed by atoms with Crippen LogP contribution < -0.4 is 4.74 Å². The topological polar surface area (TPSA) is 45.6 Å². The lowest BCUT2D eigenvalue weighted by Crippen LogP contribution is -2.29. The van der Waals surface area contributed by atoms with Gasteiger partial charge >= 0.3 is 0 Å². The molecule has 0 amide bonds. The molecule has 124 valence electrons. The van der Waals surface area contributed by atoms with Crippen LogP contribution in [0.1, 0.15) is 29.2 Å². The summed E-state index contributed by atoms with van der Waals surface area (Å²) in [5.41, 5.74) is 3.12. The molecule has 1 atom stereocenters. The van der Waals surface area contributed by atoms with Gasteiger partial charge in [-0.25, -0.2) is 0 Å². The molecule has 0 bridgehead atoms. The van der Waals surface area contributed by atoms with E-state index < -0.39 is 6.10 Å². The normalized spacial score (nSPS) is 17.3. The number of rotatable bonds is 3. The van der Waals surface area contributed by atoms with Crippen LogP contribution in [0.3, 0.4) is 0 Å².